The Kier molecular flexibility index (Phi) is 5.26. The first kappa shape index (κ1) is 14.0. The fourth-order valence-electron chi connectivity index (χ4n) is 2.34. The molecule has 0 saturated heterocycles. The fraction of sp³-hybridized carbons (Fsp3) is 1.00. The number of rotatable bonds is 5. The summed E-state index contributed by atoms with van der Waals surface area (Å²) in [4.78, 5) is 0. The second-order valence-corrected chi connectivity index (χ2v) is 6.44. The van der Waals surface area contributed by atoms with Crippen molar-refractivity contribution in [3.8, 4) is 0 Å². The lowest BCUT2D eigenvalue weighted by molar-refractivity contribution is 0.126. The number of nitrogens with one attached hydrogen (secondary N) is 1. The van der Waals surface area contributed by atoms with E-state index < -0.39 is 0 Å². The van der Waals surface area contributed by atoms with Crippen molar-refractivity contribution in [1.29, 1.82) is 0 Å². The van der Waals surface area contributed by atoms with Crippen LogP contribution in [-0.4, -0.2) is 23.8 Å². The van der Waals surface area contributed by atoms with Gasteiger partial charge in [0.2, 0.25) is 0 Å². The number of aliphatic hydroxyl groups excluding tert-OH is 1. The second kappa shape index (κ2) is 6.02. The Morgan fingerprint density at radius 3 is 2.50 bits per heavy atom. The molecule has 3 atom stereocenters. The maximum absolute atomic E-state index is 9.71. The van der Waals surface area contributed by atoms with E-state index in [2.05, 4.69) is 33.0 Å². The maximum atomic E-state index is 9.71. The summed E-state index contributed by atoms with van der Waals surface area (Å²) in [5, 5.41) is 13.3. The molecule has 2 heteroatoms. The molecule has 0 aromatic rings. The normalized spacial score (nSPS) is 28.3. The van der Waals surface area contributed by atoms with Crippen molar-refractivity contribution in [2.24, 2.45) is 11.3 Å². The fourth-order valence-corrected chi connectivity index (χ4v) is 2.34. The Bertz CT molecular complexity index is 193. The van der Waals surface area contributed by atoms with Crippen LogP contribution in [0.4, 0.5) is 0 Å². The Hall–Kier alpha value is -0.0800. The monoisotopic (exact) mass is 227 g/mol. The van der Waals surface area contributed by atoms with E-state index in [1.54, 1.807) is 0 Å². The molecule has 1 fully saturated rings. The molecular formula is C14H29NO. The smallest absolute Gasteiger partial charge is 0.0568 e. The van der Waals surface area contributed by atoms with Crippen LogP contribution in [0, 0.1) is 11.3 Å². The van der Waals surface area contributed by atoms with E-state index in [0.717, 1.165) is 13.0 Å². The summed E-state index contributed by atoms with van der Waals surface area (Å²) in [6, 6.07) is 0.556. The zero-order valence-electron chi connectivity index (χ0n) is 11.4. The average Bonchev–Trinajstić information content (AvgIpc) is 2.57. The first-order chi connectivity index (χ1) is 7.41. The van der Waals surface area contributed by atoms with Crippen LogP contribution in [0.3, 0.4) is 0 Å². The molecule has 0 bridgehead atoms. The highest BCUT2D eigenvalue weighted by Gasteiger charge is 2.24. The van der Waals surface area contributed by atoms with Crippen LogP contribution in [0.2, 0.25) is 0 Å². The molecule has 1 saturated carbocycles. The van der Waals surface area contributed by atoms with Crippen LogP contribution in [0.1, 0.15) is 59.8 Å². The van der Waals surface area contributed by atoms with Gasteiger partial charge in [-0.2, -0.15) is 0 Å². The third-order valence-corrected chi connectivity index (χ3v) is 4.12. The van der Waals surface area contributed by atoms with E-state index in [1.807, 2.05) is 0 Å². The quantitative estimate of drug-likeness (QED) is 0.708. The van der Waals surface area contributed by atoms with E-state index in [1.165, 1.54) is 25.7 Å². The van der Waals surface area contributed by atoms with Crippen molar-refractivity contribution >= 4 is 0 Å². The van der Waals surface area contributed by atoms with Crippen molar-refractivity contribution in [3.63, 3.8) is 0 Å². The Morgan fingerprint density at radius 1 is 1.31 bits per heavy atom. The first-order valence-corrected chi connectivity index (χ1v) is 6.82. The minimum absolute atomic E-state index is 0.0139. The van der Waals surface area contributed by atoms with Crippen LogP contribution in [0.15, 0.2) is 0 Å². The molecule has 0 aromatic heterocycles. The van der Waals surface area contributed by atoms with Gasteiger partial charge in [0, 0.05) is 6.04 Å². The molecule has 0 spiro atoms. The summed E-state index contributed by atoms with van der Waals surface area (Å²) in [5.41, 5.74) is 0.340. The van der Waals surface area contributed by atoms with Crippen LogP contribution < -0.4 is 5.32 Å². The number of hydrogen-bond acceptors (Lipinski definition) is 2. The summed E-state index contributed by atoms with van der Waals surface area (Å²) < 4.78 is 0. The highest BCUT2D eigenvalue weighted by Crippen LogP contribution is 2.29. The molecule has 16 heavy (non-hydrogen) atoms. The topological polar surface area (TPSA) is 32.3 Å². The minimum atomic E-state index is -0.0139. The van der Waals surface area contributed by atoms with Crippen molar-refractivity contribution in [1.82, 2.24) is 5.32 Å². The summed E-state index contributed by atoms with van der Waals surface area (Å²) in [7, 11) is 0. The van der Waals surface area contributed by atoms with Gasteiger partial charge in [0.05, 0.1) is 6.10 Å². The molecule has 1 aliphatic carbocycles. The van der Waals surface area contributed by atoms with E-state index in [0.29, 0.717) is 17.4 Å². The molecule has 0 amide bonds. The molecule has 96 valence electrons. The van der Waals surface area contributed by atoms with Gasteiger partial charge in [-0.05, 0) is 50.5 Å². The van der Waals surface area contributed by atoms with E-state index in [-0.39, 0.29) is 6.10 Å². The summed E-state index contributed by atoms with van der Waals surface area (Å²) in [6.45, 7) is 10.1. The molecule has 2 N–H and O–H groups in total. The van der Waals surface area contributed by atoms with Crippen LogP contribution >= 0.6 is 0 Å². The zero-order valence-corrected chi connectivity index (χ0v) is 11.4. The average molecular weight is 227 g/mol. The van der Waals surface area contributed by atoms with Gasteiger partial charge in [0.15, 0.2) is 0 Å². The maximum Gasteiger partial charge on any atom is 0.0568 e. The van der Waals surface area contributed by atoms with E-state index >= 15 is 0 Å². The third kappa shape index (κ3) is 4.42. The summed E-state index contributed by atoms with van der Waals surface area (Å²) >= 11 is 0. The third-order valence-electron chi connectivity index (χ3n) is 4.12. The lowest BCUT2D eigenvalue weighted by atomic mass is 9.88. The van der Waals surface area contributed by atoms with Gasteiger partial charge in [-0.3, -0.25) is 0 Å². The lowest BCUT2D eigenvalue weighted by Gasteiger charge is -2.28. The highest BCUT2D eigenvalue weighted by molar-refractivity contribution is 4.78. The largest absolute Gasteiger partial charge is 0.393 e. The molecule has 2 nitrogen and oxygen atoms in total. The van der Waals surface area contributed by atoms with Crippen molar-refractivity contribution in [2.75, 3.05) is 6.54 Å². The molecule has 0 aliphatic heterocycles. The molecule has 0 radical (unpaired) electrons. The standard InChI is InChI=1S/C14H29NO/c1-11(14(2,3)4)15-10-6-8-12-7-5-9-13(12)16/h11-13,15-16H,5-10H2,1-4H3. The highest BCUT2D eigenvalue weighted by atomic mass is 16.3. The van der Waals surface area contributed by atoms with E-state index in [4.69, 9.17) is 0 Å². The predicted octanol–water partition coefficient (Wildman–Crippen LogP) is 2.95. The van der Waals surface area contributed by atoms with Gasteiger partial charge in [0.1, 0.15) is 0 Å². The zero-order chi connectivity index (χ0) is 12.2. The molecule has 1 aliphatic rings. The lowest BCUT2D eigenvalue weighted by Crippen LogP contribution is -2.38. The Morgan fingerprint density at radius 2 is 2.00 bits per heavy atom. The van der Waals surface area contributed by atoms with Gasteiger partial charge in [0.25, 0.3) is 0 Å². The van der Waals surface area contributed by atoms with Gasteiger partial charge < -0.3 is 10.4 Å². The van der Waals surface area contributed by atoms with Crippen LogP contribution in [0.25, 0.3) is 0 Å². The van der Waals surface area contributed by atoms with Gasteiger partial charge in [-0.1, -0.05) is 27.2 Å². The number of hydrogen-bond donors (Lipinski definition) is 2. The molecule has 3 unspecified atom stereocenters. The van der Waals surface area contributed by atoms with Crippen molar-refractivity contribution < 1.29 is 5.11 Å². The van der Waals surface area contributed by atoms with Crippen LogP contribution in [-0.2, 0) is 0 Å². The van der Waals surface area contributed by atoms with E-state index in [9.17, 15) is 5.11 Å². The second-order valence-electron chi connectivity index (χ2n) is 6.44. The van der Waals surface area contributed by atoms with Crippen LogP contribution in [0.5, 0.6) is 0 Å². The van der Waals surface area contributed by atoms with Crippen molar-refractivity contribution in [3.05, 3.63) is 0 Å². The molecular weight excluding hydrogens is 198 g/mol. The Labute approximate surface area is 101 Å². The first-order valence-electron chi connectivity index (χ1n) is 6.82. The van der Waals surface area contributed by atoms with Gasteiger partial charge >= 0.3 is 0 Å². The van der Waals surface area contributed by atoms with Gasteiger partial charge in [-0.25, -0.2) is 0 Å². The predicted molar refractivity (Wildman–Crippen MR) is 69.5 cm³/mol. The molecule has 0 aromatic carbocycles. The minimum Gasteiger partial charge on any atom is -0.393 e. The summed E-state index contributed by atoms with van der Waals surface area (Å²) in [6.07, 6.45) is 5.84. The number of aliphatic hydroxyl groups is 1. The SMILES string of the molecule is CC(NCCCC1CCCC1O)C(C)(C)C. The van der Waals surface area contributed by atoms with Gasteiger partial charge in [-0.15, -0.1) is 0 Å². The molecule has 1 rings (SSSR count). The molecule has 0 heterocycles. The van der Waals surface area contributed by atoms with Crippen molar-refractivity contribution in [2.45, 2.75) is 71.9 Å². The Balaban J connectivity index is 2.08. The summed E-state index contributed by atoms with van der Waals surface area (Å²) in [5.74, 6) is 0.576.